The maximum atomic E-state index is 14.0. The van der Waals surface area contributed by atoms with Gasteiger partial charge in [0.1, 0.15) is 11.5 Å². The first-order valence-electron chi connectivity index (χ1n) is 9.90. The van der Waals surface area contributed by atoms with E-state index in [-0.39, 0.29) is 22.6 Å². The maximum Gasteiger partial charge on any atom is 0.300 e. The van der Waals surface area contributed by atoms with Crippen molar-refractivity contribution < 1.29 is 28.2 Å². The molecule has 168 valence electrons. The molecular formula is C25H18ClF2NO4. The number of ketones is 1. The summed E-state index contributed by atoms with van der Waals surface area (Å²) in [7, 11) is 1.40. The van der Waals surface area contributed by atoms with Crippen molar-refractivity contribution in [3.63, 3.8) is 0 Å². The molecule has 1 aliphatic rings. The number of benzene rings is 3. The molecule has 0 radical (unpaired) electrons. The summed E-state index contributed by atoms with van der Waals surface area (Å²) < 4.78 is 32.8. The number of methoxy groups -OCH3 is 1. The van der Waals surface area contributed by atoms with E-state index in [4.69, 9.17) is 16.3 Å². The molecule has 3 aromatic rings. The van der Waals surface area contributed by atoms with Crippen LogP contribution in [0.5, 0.6) is 5.75 Å². The normalized spacial score (nSPS) is 17.5. The van der Waals surface area contributed by atoms with Gasteiger partial charge in [-0.2, -0.15) is 0 Å². The summed E-state index contributed by atoms with van der Waals surface area (Å²) in [6.45, 7) is 1.78. The molecule has 33 heavy (non-hydrogen) atoms. The van der Waals surface area contributed by atoms with Crippen LogP contribution < -0.4 is 9.64 Å². The average Bonchev–Trinajstić information content (AvgIpc) is 3.06. The molecule has 0 spiro atoms. The lowest BCUT2D eigenvalue weighted by molar-refractivity contribution is -0.132. The van der Waals surface area contributed by atoms with Crippen LogP contribution in [0.1, 0.15) is 22.7 Å². The molecule has 0 bridgehead atoms. The Morgan fingerprint density at radius 1 is 1.03 bits per heavy atom. The largest absolute Gasteiger partial charge is 0.507 e. The number of nitrogens with zero attached hydrogens (tertiary/aromatic N) is 1. The lowest BCUT2D eigenvalue weighted by atomic mass is 9.92. The maximum absolute atomic E-state index is 14.0. The number of carbonyl (C=O) groups is 2. The molecule has 1 amide bonds. The standard InChI is InChI=1S/C25H18ClF2NO4/c1-13-5-3-4-6-16(13)22-21(23(30)14-7-9-17(26)20(11-14)33-2)24(31)25(32)29(22)15-8-10-18(27)19(28)12-15/h3-12,22,30H,1-2H3/b23-21+. The molecule has 0 aliphatic carbocycles. The van der Waals surface area contributed by atoms with Gasteiger partial charge in [0.2, 0.25) is 0 Å². The Balaban J connectivity index is 1.98. The molecule has 8 heteroatoms. The minimum Gasteiger partial charge on any atom is -0.507 e. The second kappa shape index (κ2) is 8.67. The highest BCUT2D eigenvalue weighted by Crippen LogP contribution is 2.43. The summed E-state index contributed by atoms with van der Waals surface area (Å²) in [5.41, 5.74) is 1.28. The summed E-state index contributed by atoms with van der Waals surface area (Å²) in [6.07, 6.45) is 0. The Labute approximate surface area is 193 Å². The van der Waals surface area contributed by atoms with Gasteiger partial charge in [-0.3, -0.25) is 14.5 Å². The van der Waals surface area contributed by atoms with E-state index in [2.05, 4.69) is 0 Å². The predicted molar refractivity (Wildman–Crippen MR) is 120 cm³/mol. The summed E-state index contributed by atoms with van der Waals surface area (Å²) in [5.74, 6) is -4.36. The first kappa shape index (κ1) is 22.5. The number of anilines is 1. The smallest absolute Gasteiger partial charge is 0.300 e. The number of carbonyl (C=O) groups excluding carboxylic acids is 2. The van der Waals surface area contributed by atoms with Crippen molar-refractivity contribution in [2.75, 3.05) is 12.0 Å². The van der Waals surface area contributed by atoms with Gasteiger partial charge >= 0.3 is 0 Å². The van der Waals surface area contributed by atoms with Crippen LogP contribution in [0.15, 0.2) is 66.2 Å². The van der Waals surface area contributed by atoms with Gasteiger partial charge in [-0.15, -0.1) is 0 Å². The van der Waals surface area contributed by atoms with Gasteiger partial charge in [-0.05, 0) is 48.4 Å². The van der Waals surface area contributed by atoms with Gasteiger partial charge in [0.15, 0.2) is 11.6 Å². The number of amides is 1. The molecule has 5 nitrogen and oxygen atoms in total. The van der Waals surface area contributed by atoms with E-state index in [1.165, 1.54) is 31.4 Å². The predicted octanol–water partition coefficient (Wildman–Crippen LogP) is 5.56. The Kier molecular flexibility index (Phi) is 5.91. The topological polar surface area (TPSA) is 66.8 Å². The van der Waals surface area contributed by atoms with Crippen LogP contribution in [0, 0.1) is 18.6 Å². The molecule has 1 heterocycles. The second-order valence-electron chi connectivity index (χ2n) is 7.47. The van der Waals surface area contributed by atoms with Crippen LogP contribution in [0.4, 0.5) is 14.5 Å². The zero-order valence-corrected chi connectivity index (χ0v) is 18.4. The van der Waals surface area contributed by atoms with Gasteiger partial charge in [0.05, 0.1) is 23.7 Å². The number of Topliss-reactive ketones (excluding diaryl/α,β-unsaturated/α-hetero) is 1. The summed E-state index contributed by atoms with van der Waals surface area (Å²) in [5, 5.41) is 11.5. The molecular weight excluding hydrogens is 452 g/mol. The number of halogens is 3. The molecule has 4 rings (SSSR count). The van der Waals surface area contributed by atoms with Crippen molar-refractivity contribution in [2.45, 2.75) is 13.0 Å². The van der Waals surface area contributed by atoms with Gasteiger partial charge in [-0.25, -0.2) is 8.78 Å². The van der Waals surface area contributed by atoms with Crippen molar-refractivity contribution in [3.05, 3.63) is 99.6 Å². The SMILES string of the molecule is COc1cc(/C(O)=C2\C(=O)C(=O)N(c3ccc(F)c(F)c3)C2c2ccccc2C)ccc1Cl. The molecule has 0 saturated carbocycles. The highest BCUT2D eigenvalue weighted by molar-refractivity contribution is 6.51. The van der Waals surface area contributed by atoms with E-state index in [1.54, 1.807) is 31.2 Å². The zero-order valence-electron chi connectivity index (χ0n) is 17.6. The molecule has 3 aromatic carbocycles. The average molecular weight is 470 g/mol. The number of rotatable bonds is 4. The second-order valence-corrected chi connectivity index (χ2v) is 7.88. The third kappa shape index (κ3) is 3.85. The molecule has 0 aromatic heterocycles. The van der Waals surface area contributed by atoms with Crippen molar-refractivity contribution in [2.24, 2.45) is 0 Å². The van der Waals surface area contributed by atoms with E-state index in [9.17, 15) is 23.5 Å². The Bertz CT molecular complexity index is 1320. The van der Waals surface area contributed by atoms with Crippen molar-refractivity contribution in [3.8, 4) is 5.75 Å². The van der Waals surface area contributed by atoms with E-state index >= 15 is 0 Å². The monoisotopic (exact) mass is 469 g/mol. The van der Waals surface area contributed by atoms with Gasteiger partial charge in [-0.1, -0.05) is 35.9 Å². The molecule has 1 saturated heterocycles. The Hall–Kier alpha value is -3.71. The van der Waals surface area contributed by atoms with E-state index < -0.39 is 35.1 Å². The number of aliphatic hydroxyl groups is 1. The first-order valence-corrected chi connectivity index (χ1v) is 10.3. The molecule has 1 aliphatic heterocycles. The zero-order chi connectivity index (χ0) is 23.9. The van der Waals surface area contributed by atoms with Crippen LogP contribution in [0.3, 0.4) is 0 Å². The quantitative estimate of drug-likeness (QED) is 0.308. The molecule has 1 atom stereocenters. The highest BCUT2D eigenvalue weighted by Gasteiger charge is 2.47. The van der Waals surface area contributed by atoms with Crippen LogP contribution in [0.25, 0.3) is 5.76 Å². The fourth-order valence-corrected chi connectivity index (χ4v) is 4.08. The van der Waals surface area contributed by atoms with Crippen molar-refractivity contribution >= 4 is 34.7 Å². The van der Waals surface area contributed by atoms with Crippen molar-refractivity contribution in [1.29, 1.82) is 0 Å². The minimum atomic E-state index is -1.17. The van der Waals surface area contributed by atoms with Gasteiger partial charge in [0.25, 0.3) is 11.7 Å². The summed E-state index contributed by atoms with van der Waals surface area (Å²) in [4.78, 5) is 27.3. The lowest BCUT2D eigenvalue weighted by Gasteiger charge is -2.26. The summed E-state index contributed by atoms with van der Waals surface area (Å²) >= 11 is 6.07. The Morgan fingerprint density at radius 2 is 1.76 bits per heavy atom. The molecule has 1 unspecified atom stereocenters. The number of ether oxygens (including phenoxy) is 1. The third-order valence-electron chi connectivity index (χ3n) is 5.53. The number of hydrogen-bond donors (Lipinski definition) is 1. The lowest BCUT2D eigenvalue weighted by Crippen LogP contribution is -2.30. The highest BCUT2D eigenvalue weighted by atomic mass is 35.5. The van der Waals surface area contributed by atoms with Gasteiger partial charge in [0, 0.05) is 17.3 Å². The summed E-state index contributed by atoms with van der Waals surface area (Å²) in [6, 6.07) is 13.3. The van der Waals surface area contributed by atoms with E-state index in [0.29, 0.717) is 10.6 Å². The fraction of sp³-hybridized carbons (Fsp3) is 0.120. The van der Waals surface area contributed by atoms with Gasteiger partial charge < -0.3 is 9.84 Å². The van der Waals surface area contributed by atoms with Crippen LogP contribution in [0.2, 0.25) is 5.02 Å². The van der Waals surface area contributed by atoms with Crippen LogP contribution in [-0.2, 0) is 9.59 Å². The van der Waals surface area contributed by atoms with E-state index in [0.717, 1.165) is 22.6 Å². The fourth-order valence-electron chi connectivity index (χ4n) is 3.88. The number of hydrogen-bond acceptors (Lipinski definition) is 4. The number of aryl methyl sites for hydroxylation is 1. The van der Waals surface area contributed by atoms with Crippen LogP contribution in [-0.4, -0.2) is 23.9 Å². The Morgan fingerprint density at radius 3 is 2.42 bits per heavy atom. The van der Waals surface area contributed by atoms with Crippen molar-refractivity contribution in [1.82, 2.24) is 0 Å². The first-order chi connectivity index (χ1) is 15.7. The minimum absolute atomic E-state index is 0.0167. The van der Waals surface area contributed by atoms with Crippen LogP contribution >= 0.6 is 11.6 Å². The van der Waals surface area contributed by atoms with E-state index in [1.807, 2.05) is 0 Å². The molecule has 1 fully saturated rings. The number of aliphatic hydroxyl groups excluding tert-OH is 1. The third-order valence-corrected chi connectivity index (χ3v) is 5.85. The molecule has 1 N–H and O–H groups in total.